The Balaban J connectivity index is 1.74. The van der Waals surface area contributed by atoms with E-state index in [4.69, 9.17) is 12.2 Å². The average molecular weight is 434 g/mol. The molecule has 2 amide bonds. The normalized spacial score (nSPS) is 21.9. The summed E-state index contributed by atoms with van der Waals surface area (Å²) in [6.45, 7) is 8.63. The smallest absolute Gasteiger partial charge is 0.270 e. The van der Waals surface area contributed by atoms with Crippen molar-refractivity contribution >= 4 is 46.6 Å². The molecule has 2 aliphatic rings. The fourth-order valence-electron chi connectivity index (χ4n) is 4.54. The Morgan fingerprint density at radius 1 is 1.13 bits per heavy atom. The van der Waals surface area contributed by atoms with Crippen LogP contribution in [0.25, 0.3) is 6.08 Å². The van der Waals surface area contributed by atoms with E-state index in [1.165, 1.54) is 16.2 Å². The minimum absolute atomic E-state index is 0.0777. The van der Waals surface area contributed by atoms with E-state index < -0.39 is 11.8 Å². The second-order valence-electron chi connectivity index (χ2n) is 9.04. The second kappa shape index (κ2) is 7.61. The lowest BCUT2D eigenvalue weighted by molar-refractivity contribution is -0.122. The third-order valence-corrected chi connectivity index (χ3v) is 6.71. The molecule has 2 aromatic rings. The van der Waals surface area contributed by atoms with Crippen LogP contribution in [0, 0.1) is 6.92 Å². The highest BCUT2D eigenvalue weighted by atomic mass is 32.1. The second-order valence-corrected chi connectivity index (χ2v) is 9.43. The molecule has 2 aromatic carbocycles. The van der Waals surface area contributed by atoms with Crippen LogP contribution in [0.15, 0.2) is 48.0 Å². The van der Waals surface area contributed by atoms with Crippen LogP contribution in [0.2, 0.25) is 0 Å². The SMILES string of the molecule is Cc1ccccc1N1C(=O)/C(=C/c2ccc3c(c2)C(C)CC(C)(C)N3C)C(=O)NC1=S. The Labute approximate surface area is 188 Å². The summed E-state index contributed by atoms with van der Waals surface area (Å²) >= 11 is 5.31. The van der Waals surface area contributed by atoms with Crippen LogP contribution in [-0.2, 0) is 9.59 Å². The highest BCUT2D eigenvalue weighted by Crippen LogP contribution is 2.42. The van der Waals surface area contributed by atoms with Gasteiger partial charge in [-0.2, -0.15) is 0 Å². The number of nitrogens with one attached hydrogen (secondary N) is 1. The molecule has 2 heterocycles. The number of fused-ring (bicyclic) bond motifs is 1. The van der Waals surface area contributed by atoms with Crippen LogP contribution < -0.4 is 15.1 Å². The fraction of sp³-hybridized carbons (Fsp3) is 0.320. The average Bonchev–Trinajstić information content (AvgIpc) is 2.70. The van der Waals surface area contributed by atoms with E-state index in [2.05, 4.69) is 50.2 Å². The van der Waals surface area contributed by atoms with Gasteiger partial charge >= 0.3 is 0 Å². The van der Waals surface area contributed by atoms with Crippen LogP contribution in [0.5, 0.6) is 0 Å². The van der Waals surface area contributed by atoms with Crippen molar-refractivity contribution in [2.24, 2.45) is 0 Å². The van der Waals surface area contributed by atoms with Crippen LogP contribution >= 0.6 is 12.2 Å². The molecule has 160 valence electrons. The number of amides is 2. The maximum Gasteiger partial charge on any atom is 0.270 e. The van der Waals surface area contributed by atoms with E-state index in [1.807, 2.05) is 37.3 Å². The van der Waals surface area contributed by atoms with Crippen molar-refractivity contribution in [3.8, 4) is 0 Å². The molecule has 0 bridgehead atoms. The highest BCUT2D eigenvalue weighted by Gasteiger charge is 2.36. The molecule has 0 aromatic heterocycles. The summed E-state index contributed by atoms with van der Waals surface area (Å²) in [7, 11) is 2.11. The van der Waals surface area contributed by atoms with Crippen molar-refractivity contribution < 1.29 is 9.59 Å². The van der Waals surface area contributed by atoms with E-state index in [1.54, 1.807) is 6.08 Å². The Morgan fingerprint density at radius 2 is 1.84 bits per heavy atom. The first-order valence-electron chi connectivity index (χ1n) is 10.4. The lowest BCUT2D eigenvalue weighted by Gasteiger charge is -2.45. The zero-order valence-electron chi connectivity index (χ0n) is 18.5. The lowest BCUT2D eigenvalue weighted by atomic mass is 9.80. The van der Waals surface area contributed by atoms with Crippen LogP contribution in [0.3, 0.4) is 0 Å². The zero-order valence-corrected chi connectivity index (χ0v) is 19.3. The third kappa shape index (κ3) is 3.65. The van der Waals surface area contributed by atoms with Gasteiger partial charge in [-0.3, -0.25) is 19.8 Å². The molecule has 31 heavy (non-hydrogen) atoms. The zero-order chi connectivity index (χ0) is 22.5. The number of para-hydroxylation sites is 1. The Hall–Kier alpha value is -2.99. The molecule has 1 N–H and O–H groups in total. The van der Waals surface area contributed by atoms with Crippen molar-refractivity contribution in [3.63, 3.8) is 0 Å². The molecule has 0 spiro atoms. The lowest BCUT2D eigenvalue weighted by Crippen LogP contribution is -2.54. The summed E-state index contributed by atoms with van der Waals surface area (Å²) in [6, 6.07) is 13.6. The van der Waals surface area contributed by atoms with Gasteiger partial charge in [-0.1, -0.05) is 31.2 Å². The highest BCUT2D eigenvalue weighted by molar-refractivity contribution is 7.80. The summed E-state index contributed by atoms with van der Waals surface area (Å²) in [6.07, 6.45) is 2.70. The quantitative estimate of drug-likeness (QED) is 0.429. The monoisotopic (exact) mass is 433 g/mol. The van der Waals surface area contributed by atoms with Gasteiger partial charge in [0.2, 0.25) is 0 Å². The van der Waals surface area contributed by atoms with E-state index >= 15 is 0 Å². The van der Waals surface area contributed by atoms with Crippen LogP contribution in [0.4, 0.5) is 11.4 Å². The number of nitrogens with zero attached hydrogens (tertiary/aromatic N) is 2. The summed E-state index contributed by atoms with van der Waals surface area (Å²) in [5, 5.41) is 2.77. The molecule has 1 atom stereocenters. The number of thiocarbonyl (C=S) groups is 1. The van der Waals surface area contributed by atoms with E-state index in [0.29, 0.717) is 11.6 Å². The molecule has 0 saturated carbocycles. The standard InChI is InChI=1S/C25H27N3O2S/c1-15-8-6-7-9-20(15)28-23(30)19(22(29)26-24(28)31)13-17-10-11-21-18(12-17)16(2)14-25(3,4)27(21)5/h6-13,16H,14H2,1-5H3,(H,26,29,31)/b19-13+. The number of benzene rings is 2. The summed E-state index contributed by atoms with van der Waals surface area (Å²) in [5.74, 6) is -0.498. The molecule has 0 radical (unpaired) electrons. The first-order valence-corrected chi connectivity index (χ1v) is 10.9. The Bertz CT molecular complexity index is 1140. The first kappa shape index (κ1) is 21.2. The molecular formula is C25H27N3O2S. The maximum atomic E-state index is 13.3. The molecule has 0 aliphatic carbocycles. The predicted molar refractivity (Wildman–Crippen MR) is 129 cm³/mol. The van der Waals surface area contributed by atoms with Gasteiger partial charge in [0.25, 0.3) is 11.8 Å². The molecule has 5 nitrogen and oxygen atoms in total. The van der Waals surface area contributed by atoms with Gasteiger partial charge in [0, 0.05) is 18.3 Å². The van der Waals surface area contributed by atoms with Crippen LogP contribution in [-0.4, -0.2) is 29.5 Å². The van der Waals surface area contributed by atoms with Crippen LogP contribution in [0.1, 0.15) is 49.8 Å². The van der Waals surface area contributed by atoms with Crippen molar-refractivity contribution in [2.45, 2.75) is 45.6 Å². The molecule has 1 saturated heterocycles. The van der Waals surface area contributed by atoms with Crippen molar-refractivity contribution in [1.29, 1.82) is 0 Å². The van der Waals surface area contributed by atoms with Crippen molar-refractivity contribution in [3.05, 3.63) is 64.7 Å². The van der Waals surface area contributed by atoms with Gasteiger partial charge in [0.1, 0.15) is 5.57 Å². The van der Waals surface area contributed by atoms with Crippen molar-refractivity contribution in [2.75, 3.05) is 16.8 Å². The van der Waals surface area contributed by atoms with E-state index in [-0.39, 0.29) is 16.2 Å². The Kier molecular flexibility index (Phi) is 5.21. The van der Waals surface area contributed by atoms with E-state index in [9.17, 15) is 9.59 Å². The topological polar surface area (TPSA) is 52.7 Å². The molecular weight excluding hydrogens is 406 g/mol. The summed E-state index contributed by atoms with van der Waals surface area (Å²) in [5.41, 5.74) is 4.98. The number of anilines is 2. The minimum atomic E-state index is -0.469. The predicted octanol–water partition coefficient (Wildman–Crippen LogP) is 4.55. The number of carbonyl (C=O) groups excluding carboxylic acids is 2. The number of rotatable bonds is 2. The van der Waals surface area contributed by atoms with Crippen molar-refractivity contribution in [1.82, 2.24) is 5.32 Å². The molecule has 4 rings (SSSR count). The molecule has 1 fully saturated rings. The van der Waals surface area contributed by atoms with Gasteiger partial charge in [-0.25, -0.2) is 0 Å². The number of carbonyl (C=O) groups is 2. The van der Waals surface area contributed by atoms with Gasteiger partial charge in [-0.05, 0) is 86.3 Å². The molecule has 1 unspecified atom stereocenters. The number of aryl methyl sites for hydroxylation is 1. The Morgan fingerprint density at radius 3 is 2.55 bits per heavy atom. The summed E-state index contributed by atoms with van der Waals surface area (Å²) < 4.78 is 0. The van der Waals surface area contributed by atoms with Gasteiger partial charge in [-0.15, -0.1) is 0 Å². The largest absolute Gasteiger partial charge is 0.369 e. The van der Waals surface area contributed by atoms with Gasteiger partial charge < -0.3 is 4.90 Å². The van der Waals surface area contributed by atoms with Gasteiger partial charge in [0.05, 0.1) is 5.69 Å². The maximum absolute atomic E-state index is 13.3. The third-order valence-electron chi connectivity index (χ3n) is 6.43. The number of hydrogen-bond acceptors (Lipinski definition) is 4. The molecule has 6 heteroatoms. The summed E-state index contributed by atoms with van der Waals surface area (Å²) in [4.78, 5) is 29.6. The van der Waals surface area contributed by atoms with Gasteiger partial charge in [0.15, 0.2) is 5.11 Å². The first-order chi connectivity index (χ1) is 14.6. The fourth-order valence-corrected chi connectivity index (χ4v) is 4.82. The number of hydrogen-bond donors (Lipinski definition) is 1. The minimum Gasteiger partial charge on any atom is -0.369 e. The van der Waals surface area contributed by atoms with E-state index in [0.717, 1.165) is 17.5 Å². The molecule has 2 aliphatic heterocycles.